The lowest BCUT2D eigenvalue weighted by Gasteiger charge is -1.96. The Balaban J connectivity index is 1.94. The highest BCUT2D eigenvalue weighted by Gasteiger charge is 2.22. The van der Waals surface area contributed by atoms with Crippen molar-refractivity contribution in [3.8, 4) is 0 Å². The number of ether oxygens (including phenoxy) is 1. The van der Waals surface area contributed by atoms with E-state index in [0.29, 0.717) is 0 Å². The fourth-order valence-electron chi connectivity index (χ4n) is 2.49. The van der Waals surface area contributed by atoms with Crippen molar-refractivity contribution in [1.82, 2.24) is 0 Å². The molecule has 1 rings (SSSR count). The van der Waals surface area contributed by atoms with Gasteiger partial charge in [0.25, 0.3) is 0 Å². The van der Waals surface area contributed by atoms with Crippen LogP contribution in [0.25, 0.3) is 0 Å². The van der Waals surface area contributed by atoms with Crippen molar-refractivity contribution in [2.75, 3.05) is 0 Å². The Morgan fingerprint density at radius 1 is 0.957 bits per heavy atom. The molecule has 130 valence electrons. The highest BCUT2D eigenvalue weighted by atomic mass is 16.6. The molecule has 0 atom stereocenters. The minimum absolute atomic E-state index is 0.257. The molecule has 0 aliphatic carbocycles. The average Bonchev–Trinajstić information content (AvgIpc) is 3.27. The summed E-state index contributed by atoms with van der Waals surface area (Å²) >= 11 is 0. The third-order valence-electron chi connectivity index (χ3n) is 3.94. The fourth-order valence-corrected chi connectivity index (χ4v) is 2.49. The molecule has 0 aromatic carbocycles. The minimum atomic E-state index is -0.715. The van der Waals surface area contributed by atoms with Crippen LogP contribution < -0.4 is 0 Å². The van der Waals surface area contributed by atoms with Crippen LogP contribution in [0.5, 0.6) is 0 Å². The van der Waals surface area contributed by atoms with Crippen molar-refractivity contribution >= 4 is 5.97 Å². The largest absolute Gasteiger partial charge is 0.481 e. The first-order valence-corrected chi connectivity index (χ1v) is 9.15. The third kappa shape index (κ3) is 11.7. The zero-order chi connectivity index (χ0) is 16.8. The first-order chi connectivity index (χ1) is 11.2. The lowest BCUT2D eigenvalue weighted by molar-refractivity contribution is -0.137. The molecule has 0 aromatic rings. The van der Waals surface area contributed by atoms with E-state index in [1.807, 2.05) is 0 Å². The van der Waals surface area contributed by atoms with Gasteiger partial charge in [-0.1, -0.05) is 63.3 Å². The van der Waals surface area contributed by atoms with Gasteiger partial charge in [-0.15, -0.1) is 0 Å². The second-order valence-electron chi connectivity index (χ2n) is 6.13. The fraction of sp³-hybridized carbons (Fsp3) is 0.650. The van der Waals surface area contributed by atoms with Gasteiger partial charge in [0.15, 0.2) is 0 Å². The lowest BCUT2D eigenvalue weighted by atomic mass is 10.1. The topological polar surface area (TPSA) is 49.8 Å². The summed E-state index contributed by atoms with van der Waals surface area (Å²) in [5, 5.41) is 8.52. The van der Waals surface area contributed by atoms with Crippen LogP contribution in [-0.2, 0) is 9.53 Å². The zero-order valence-corrected chi connectivity index (χ0v) is 14.6. The third-order valence-corrected chi connectivity index (χ3v) is 3.94. The number of rotatable bonds is 15. The van der Waals surface area contributed by atoms with Crippen LogP contribution in [-0.4, -0.2) is 11.1 Å². The molecule has 0 spiro atoms. The van der Waals surface area contributed by atoms with Crippen molar-refractivity contribution in [3.63, 3.8) is 0 Å². The van der Waals surface area contributed by atoms with E-state index in [1.165, 1.54) is 50.0 Å². The summed E-state index contributed by atoms with van der Waals surface area (Å²) in [4.78, 5) is 10.3. The standard InChI is InChI=1S/C20H32O3/c1-2-3-4-5-9-12-15-18-19(23-18)16-13-10-7-6-8-11-14-17-20(21)22/h6,8,10,13H,2-5,7,9,11-12,14-17H2,1H3,(H,21,22). The first-order valence-electron chi connectivity index (χ1n) is 9.15. The molecule has 0 saturated carbocycles. The lowest BCUT2D eigenvalue weighted by Crippen LogP contribution is -1.92. The van der Waals surface area contributed by atoms with E-state index < -0.39 is 5.97 Å². The zero-order valence-electron chi connectivity index (χ0n) is 14.6. The van der Waals surface area contributed by atoms with E-state index in [4.69, 9.17) is 9.84 Å². The van der Waals surface area contributed by atoms with Crippen LogP contribution in [0.1, 0.15) is 84.0 Å². The maximum Gasteiger partial charge on any atom is 0.303 e. The highest BCUT2D eigenvalue weighted by molar-refractivity contribution is 5.66. The molecule has 0 bridgehead atoms. The van der Waals surface area contributed by atoms with Gasteiger partial charge in [0, 0.05) is 19.3 Å². The monoisotopic (exact) mass is 320 g/mol. The van der Waals surface area contributed by atoms with Crippen LogP contribution in [0.15, 0.2) is 35.8 Å². The van der Waals surface area contributed by atoms with Gasteiger partial charge < -0.3 is 9.84 Å². The molecule has 1 aliphatic heterocycles. The number of carboxylic acid groups (broad SMARTS) is 1. The van der Waals surface area contributed by atoms with Gasteiger partial charge in [-0.05, 0) is 25.7 Å². The summed E-state index contributed by atoms with van der Waals surface area (Å²) in [6.45, 7) is 2.25. The summed E-state index contributed by atoms with van der Waals surface area (Å²) < 4.78 is 5.54. The molecule has 0 aromatic heterocycles. The molecule has 1 N–H and O–H groups in total. The quantitative estimate of drug-likeness (QED) is 0.292. The van der Waals surface area contributed by atoms with Crippen LogP contribution in [0, 0.1) is 0 Å². The summed E-state index contributed by atoms with van der Waals surface area (Å²) in [6, 6.07) is 0. The SMILES string of the molecule is CCCCCCCCC1=C(CC=CCC=CCCCC(=O)O)O1. The van der Waals surface area contributed by atoms with Gasteiger partial charge in [0.05, 0.1) is 0 Å². The van der Waals surface area contributed by atoms with Gasteiger partial charge in [-0.25, -0.2) is 0 Å². The molecule has 3 heteroatoms. The number of hydrogen-bond donors (Lipinski definition) is 1. The minimum Gasteiger partial charge on any atom is -0.481 e. The predicted molar refractivity (Wildman–Crippen MR) is 95.1 cm³/mol. The van der Waals surface area contributed by atoms with Crippen molar-refractivity contribution in [1.29, 1.82) is 0 Å². The number of carboxylic acids is 1. The maximum atomic E-state index is 10.3. The van der Waals surface area contributed by atoms with E-state index in [0.717, 1.165) is 32.1 Å². The van der Waals surface area contributed by atoms with Crippen molar-refractivity contribution in [3.05, 3.63) is 35.8 Å². The number of carbonyl (C=O) groups is 1. The van der Waals surface area contributed by atoms with Crippen LogP contribution in [0.4, 0.5) is 0 Å². The van der Waals surface area contributed by atoms with Crippen LogP contribution in [0.2, 0.25) is 0 Å². The van der Waals surface area contributed by atoms with Crippen LogP contribution in [0.3, 0.4) is 0 Å². The number of unbranched alkanes of at least 4 members (excludes halogenated alkanes) is 6. The summed E-state index contributed by atoms with van der Waals surface area (Å²) in [5.74, 6) is 1.67. The molecule has 23 heavy (non-hydrogen) atoms. The highest BCUT2D eigenvalue weighted by Crippen LogP contribution is 2.33. The molecule has 0 amide bonds. The molecule has 0 fully saturated rings. The maximum absolute atomic E-state index is 10.3. The normalized spacial score (nSPS) is 14.0. The summed E-state index contributed by atoms with van der Waals surface area (Å²) in [7, 11) is 0. The Morgan fingerprint density at radius 3 is 2.48 bits per heavy atom. The Kier molecular flexibility index (Phi) is 11.0. The molecule has 0 saturated heterocycles. The Labute approximate surface area is 141 Å². The summed E-state index contributed by atoms with van der Waals surface area (Å²) in [5.41, 5.74) is 0. The molecule has 3 nitrogen and oxygen atoms in total. The van der Waals surface area contributed by atoms with E-state index in [1.54, 1.807) is 0 Å². The summed E-state index contributed by atoms with van der Waals surface area (Å²) in [6.07, 6.45) is 21.2. The predicted octanol–water partition coefficient (Wildman–Crippen LogP) is 6.13. The molecule has 0 radical (unpaired) electrons. The van der Waals surface area contributed by atoms with E-state index in [9.17, 15) is 4.79 Å². The van der Waals surface area contributed by atoms with Crippen molar-refractivity contribution < 1.29 is 14.6 Å². The second kappa shape index (κ2) is 13.0. The Bertz CT molecular complexity index is 419. The van der Waals surface area contributed by atoms with E-state index in [-0.39, 0.29) is 6.42 Å². The van der Waals surface area contributed by atoms with E-state index in [2.05, 4.69) is 31.2 Å². The van der Waals surface area contributed by atoms with Gasteiger partial charge >= 0.3 is 5.97 Å². The van der Waals surface area contributed by atoms with E-state index >= 15 is 0 Å². The first kappa shape index (κ1) is 19.5. The number of aliphatic carboxylic acids is 1. The van der Waals surface area contributed by atoms with Gasteiger partial charge in [-0.2, -0.15) is 0 Å². The van der Waals surface area contributed by atoms with Gasteiger partial charge in [-0.3, -0.25) is 4.79 Å². The number of allylic oxidation sites excluding steroid dienone is 5. The van der Waals surface area contributed by atoms with Crippen molar-refractivity contribution in [2.24, 2.45) is 0 Å². The molecule has 1 aliphatic rings. The molecule has 0 unspecified atom stereocenters. The molecular formula is C20H32O3. The molecule has 1 heterocycles. The second-order valence-corrected chi connectivity index (χ2v) is 6.13. The smallest absolute Gasteiger partial charge is 0.303 e. The Hall–Kier alpha value is -1.51. The van der Waals surface area contributed by atoms with Crippen LogP contribution >= 0.6 is 0 Å². The Morgan fingerprint density at radius 2 is 1.70 bits per heavy atom. The number of hydrogen-bond acceptors (Lipinski definition) is 2. The average molecular weight is 320 g/mol. The molecular weight excluding hydrogens is 288 g/mol. The van der Waals surface area contributed by atoms with Crippen molar-refractivity contribution in [2.45, 2.75) is 84.0 Å². The van der Waals surface area contributed by atoms with Gasteiger partial charge in [0.2, 0.25) is 0 Å². The van der Waals surface area contributed by atoms with Gasteiger partial charge in [0.1, 0.15) is 11.5 Å².